The van der Waals surface area contributed by atoms with Gasteiger partial charge in [-0.25, -0.2) is 0 Å². The van der Waals surface area contributed by atoms with Crippen molar-refractivity contribution in [2.24, 2.45) is 4.99 Å². The van der Waals surface area contributed by atoms with Crippen LogP contribution in [0.25, 0.3) is 23.1 Å². The van der Waals surface area contributed by atoms with Crippen molar-refractivity contribution in [3.8, 4) is 11.3 Å². The summed E-state index contributed by atoms with van der Waals surface area (Å²) in [5.41, 5.74) is 2.54. The van der Waals surface area contributed by atoms with Crippen LogP contribution >= 0.6 is 35.0 Å². The number of hydrogen-bond donors (Lipinski definition) is 1. The Balaban J connectivity index is 1.50. The smallest absolute Gasteiger partial charge is 0.283 e. The summed E-state index contributed by atoms with van der Waals surface area (Å²) in [6.45, 7) is 0. The highest BCUT2D eigenvalue weighted by Gasteiger charge is 2.36. The minimum Gasteiger partial charge on any atom is -0.457 e. The van der Waals surface area contributed by atoms with Gasteiger partial charge in [-0.1, -0.05) is 65.3 Å². The van der Waals surface area contributed by atoms with Crippen molar-refractivity contribution in [2.75, 3.05) is 0 Å². The first-order valence-electron chi connectivity index (χ1n) is 9.22. The van der Waals surface area contributed by atoms with Gasteiger partial charge in [0, 0.05) is 16.0 Å². The van der Waals surface area contributed by atoms with E-state index in [-0.39, 0.29) is 11.4 Å². The lowest BCUT2D eigenvalue weighted by atomic mass is 10.1. The molecule has 5 rings (SSSR count). The van der Waals surface area contributed by atoms with Gasteiger partial charge >= 0.3 is 0 Å². The third-order valence-electron chi connectivity index (χ3n) is 4.79. The van der Waals surface area contributed by atoms with E-state index in [1.54, 1.807) is 35.2 Å². The molecule has 31 heavy (non-hydrogen) atoms. The van der Waals surface area contributed by atoms with Crippen molar-refractivity contribution in [3.05, 3.63) is 93.0 Å². The van der Waals surface area contributed by atoms with E-state index < -0.39 is 5.91 Å². The van der Waals surface area contributed by atoms with Crippen LogP contribution in [-0.2, 0) is 4.79 Å². The third kappa shape index (κ3) is 3.63. The molecule has 2 aliphatic rings. The molecule has 0 saturated heterocycles. The Morgan fingerprint density at radius 1 is 1.06 bits per heavy atom. The van der Waals surface area contributed by atoms with Gasteiger partial charge in [-0.05, 0) is 42.0 Å². The van der Waals surface area contributed by atoms with Crippen LogP contribution in [-0.4, -0.2) is 21.8 Å². The molecule has 152 valence electrons. The molecule has 1 aromatic heterocycles. The lowest BCUT2D eigenvalue weighted by Gasteiger charge is -2.26. The van der Waals surface area contributed by atoms with Crippen molar-refractivity contribution in [1.29, 1.82) is 5.41 Å². The number of carbonyl (C=O) groups is 1. The molecule has 8 heteroatoms. The zero-order chi connectivity index (χ0) is 21.5. The zero-order valence-electron chi connectivity index (χ0n) is 15.8. The molecule has 3 heterocycles. The Bertz CT molecular complexity index is 1330. The molecule has 2 aromatic carbocycles. The van der Waals surface area contributed by atoms with Crippen LogP contribution in [0.2, 0.25) is 10.0 Å². The van der Waals surface area contributed by atoms with E-state index in [0.29, 0.717) is 32.3 Å². The molecule has 5 nitrogen and oxygen atoms in total. The van der Waals surface area contributed by atoms with Crippen LogP contribution in [0.5, 0.6) is 0 Å². The topological polar surface area (TPSA) is 69.7 Å². The molecule has 1 N–H and O–H groups in total. The summed E-state index contributed by atoms with van der Waals surface area (Å²) >= 11 is 13.7. The summed E-state index contributed by atoms with van der Waals surface area (Å²) in [4.78, 5) is 18.5. The van der Waals surface area contributed by atoms with E-state index >= 15 is 0 Å². The summed E-state index contributed by atoms with van der Waals surface area (Å²) in [5, 5.41) is 12.1. The second-order valence-electron chi connectivity index (χ2n) is 6.75. The molecule has 0 atom stereocenters. The molecule has 2 aliphatic heterocycles. The highest BCUT2D eigenvalue weighted by atomic mass is 35.5. The molecule has 0 spiro atoms. The molecule has 0 radical (unpaired) electrons. The van der Waals surface area contributed by atoms with Crippen LogP contribution < -0.4 is 0 Å². The molecule has 0 aliphatic carbocycles. The number of nitrogens with one attached hydrogen (secondary N) is 1. The SMILES string of the molecule is N=C1/C(=C\c2ccc(-c3cc(Cl)ccc3Cl)o2)C(=O)N=C2SC=C(c3ccccc3)N12. The van der Waals surface area contributed by atoms with Gasteiger partial charge in [0.15, 0.2) is 5.17 Å². The van der Waals surface area contributed by atoms with Crippen LogP contribution in [0.4, 0.5) is 0 Å². The number of halogens is 2. The number of nitrogens with zero attached hydrogens (tertiary/aromatic N) is 2. The van der Waals surface area contributed by atoms with Crippen LogP contribution in [0.1, 0.15) is 11.3 Å². The fourth-order valence-corrected chi connectivity index (χ4v) is 4.59. The molecule has 0 bridgehead atoms. The van der Waals surface area contributed by atoms with Crippen LogP contribution in [0.3, 0.4) is 0 Å². The second-order valence-corrected chi connectivity index (χ2v) is 8.43. The maximum absolute atomic E-state index is 12.6. The summed E-state index contributed by atoms with van der Waals surface area (Å²) in [5.74, 6) is 0.494. The molecule has 1 amide bonds. The van der Waals surface area contributed by atoms with E-state index in [0.717, 1.165) is 11.3 Å². The number of amides is 1. The maximum Gasteiger partial charge on any atom is 0.283 e. The quantitative estimate of drug-likeness (QED) is 0.444. The average Bonchev–Trinajstić information content (AvgIpc) is 3.41. The molecule has 0 unspecified atom stereocenters. The van der Waals surface area contributed by atoms with Gasteiger partial charge < -0.3 is 4.42 Å². The summed E-state index contributed by atoms with van der Waals surface area (Å²) in [6.07, 6.45) is 1.53. The Morgan fingerprint density at radius 3 is 2.68 bits per heavy atom. The summed E-state index contributed by atoms with van der Waals surface area (Å²) in [7, 11) is 0. The van der Waals surface area contributed by atoms with Gasteiger partial charge in [0.25, 0.3) is 5.91 Å². The first-order chi connectivity index (χ1) is 15.0. The monoisotopic (exact) mass is 465 g/mol. The summed E-state index contributed by atoms with van der Waals surface area (Å²) in [6, 6.07) is 18.3. The van der Waals surface area contributed by atoms with Gasteiger partial charge in [-0.3, -0.25) is 15.1 Å². The summed E-state index contributed by atoms with van der Waals surface area (Å²) < 4.78 is 5.87. The number of amidine groups is 2. The first kappa shape index (κ1) is 19.9. The molecule has 3 aromatic rings. The van der Waals surface area contributed by atoms with Crippen molar-refractivity contribution >= 4 is 63.6 Å². The Kier molecular flexibility index (Phi) is 5.06. The second kappa shape index (κ2) is 7.89. The van der Waals surface area contributed by atoms with E-state index in [9.17, 15) is 4.79 Å². The lowest BCUT2D eigenvalue weighted by molar-refractivity contribution is -0.114. The number of fused-ring (bicyclic) bond motifs is 1. The van der Waals surface area contributed by atoms with Gasteiger partial charge in [0.2, 0.25) is 0 Å². The maximum atomic E-state index is 12.6. The Morgan fingerprint density at radius 2 is 1.87 bits per heavy atom. The van der Waals surface area contributed by atoms with Gasteiger partial charge in [0.1, 0.15) is 17.4 Å². The van der Waals surface area contributed by atoms with Gasteiger partial charge in [0.05, 0.1) is 16.3 Å². The number of rotatable bonds is 3. The molecular weight excluding hydrogens is 453 g/mol. The minimum absolute atomic E-state index is 0.0499. The standard InChI is InChI=1S/C23H13Cl2N3O2S/c24-14-6-8-18(25)16(10-14)20-9-7-15(30-20)11-17-21(26)28-19(13-4-2-1-3-5-13)12-31-23(28)27-22(17)29/h1-12,26H/b17-11+,26-21?. The van der Waals surface area contributed by atoms with Crippen molar-refractivity contribution in [3.63, 3.8) is 0 Å². The lowest BCUT2D eigenvalue weighted by Crippen LogP contribution is -2.37. The number of benzene rings is 2. The van der Waals surface area contributed by atoms with Crippen molar-refractivity contribution < 1.29 is 9.21 Å². The Labute approximate surface area is 192 Å². The van der Waals surface area contributed by atoms with Crippen molar-refractivity contribution in [1.82, 2.24) is 4.90 Å². The normalized spacial score (nSPS) is 17.1. The number of furan rings is 1. The molecular formula is C23H13Cl2N3O2S. The third-order valence-corrected chi connectivity index (χ3v) is 6.18. The highest BCUT2D eigenvalue weighted by Crippen LogP contribution is 2.38. The molecule has 0 fully saturated rings. The van der Waals surface area contributed by atoms with E-state index in [1.165, 1.54) is 17.8 Å². The predicted molar refractivity (Wildman–Crippen MR) is 126 cm³/mol. The van der Waals surface area contributed by atoms with Crippen LogP contribution in [0.15, 0.2) is 81.1 Å². The zero-order valence-corrected chi connectivity index (χ0v) is 18.1. The first-order valence-corrected chi connectivity index (χ1v) is 10.9. The van der Waals surface area contributed by atoms with E-state index in [1.807, 2.05) is 35.7 Å². The fourth-order valence-electron chi connectivity index (χ4n) is 3.32. The highest BCUT2D eigenvalue weighted by molar-refractivity contribution is 8.17. The van der Waals surface area contributed by atoms with E-state index in [4.69, 9.17) is 33.0 Å². The van der Waals surface area contributed by atoms with Crippen molar-refractivity contribution in [2.45, 2.75) is 0 Å². The predicted octanol–water partition coefficient (Wildman–Crippen LogP) is 6.56. The number of aliphatic imine (C=N–C) groups is 1. The largest absolute Gasteiger partial charge is 0.457 e. The Hall–Kier alpha value is -3.06. The average molecular weight is 466 g/mol. The number of thioether (sulfide) groups is 1. The van der Waals surface area contributed by atoms with Gasteiger partial charge in [-0.2, -0.15) is 4.99 Å². The molecule has 0 saturated carbocycles. The fraction of sp³-hybridized carbons (Fsp3) is 0. The minimum atomic E-state index is -0.481. The van der Waals surface area contributed by atoms with Crippen LogP contribution in [0, 0.1) is 5.41 Å². The number of carbonyl (C=O) groups excluding carboxylic acids is 1. The van der Waals surface area contributed by atoms with Gasteiger partial charge in [-0.15, -0.1) is 0 Å². The van der Waals surface area contributed by atoms with E-state index in [2.05, 4.69) is 4.99 Å². The number of hydrogen-bond acceptors (Lipinski definition) is 4.